The van der Waals surface area contributed by atoms with Gasteiger partial charge in [-0.05, 0) is 36.4 Å². The van der Waals surface area contributed by atoms with E-state index in [0.29, 0.717) is 22.9 Å². The highest BCUT2D eigenvalue weighted by Gasteiger charge is 2.04. The van der Waals surface area contributed by atoms with E-state index in [0.717, 1.165) is 0 Å². The van der Waals surface area contributed by atoms with Gasteiger partial charge in [0.15, 0.2) is 18.2 Å². The number of rotatable bonds is 5. The molecule has 110 valence electrons. The van der Waals surface area contributed by atoms with Crippen molar-refractivity contribution in [3.63, 3.8) is 0 Å². The average molecular weight is 287 g/mol. The number of amides is 2. The Morgan fingerprint density at radius 2 is 1.76 bits per heavy atom. The molecule has 0 radical (unpaired) electrons. The lowest BCUT2D eigenvalue weighted by Gasteiger charge is -2.11. The minimum absolute atomic E-state index is 0.0289. The number of carbonyl (C=O) groups excluding carboxylic acids is 1. The van der Waals surface area contributed by atoms with Crippen LogP contribution in [0.5, 0.6) is 11.5 Å². The summed E-state index contributed by atoms with van der Waals surface area (Å²) in [5.74, 6) is 1.17. The highest BCUT2D eigenvalue weighted by molar-refractivity contribution is 5.89. The van der Waals surface area contributed by atoms with E-state index in [-0.39, 0.29) is 12.8 Å². The zero-order valence-electron chi connectivity index (χ0n) is 11.6. The summed E-state index contributed by atoms with van der Waals surface area (Å²) in [6.45, 7) is 0.0289. The van der Waals surface area contributed by atoms with Crippen LogP contribution in [0.3, 0.4) is 0 Å². The highest BCUT2D eigenvalue weighted by Crippen LogP contribution is 2.25. The van der Waals surface area contributed by atoms with Crippen LogP contribution in [0.4, 0.5) is 16.2 Å². The molecule has 2 rings (SSSR count). The Balaban J connectivity index is 1.80. The fourth-order valence-corrected chi connectivity index (χ4v) is 1.66. The van der Waals surface area contributed by atoms with Gasteiger partial charge >= 0.3 is 6.03 Å². The van der Waals surface area contributed by atoms with Gasteiger partial charge < -0.3 is 25.8 Å². The van der Waals surface area contributed by atoms with Gasteiger partial charge in [0.1, 0.15) is 0 Å². The quantitative estimate of drug-likeness (QED) is 0.582. The summed E-state index contributed by atoms with van der Waals surface area (Å²) in [7, 11) is 1.56. The topological polar surface area (TPSA) is 85.6 Å². The van der Waals surface area contributed by atoms with Crippen LogP contribution in [-0.2, 0) is 0 Å². The third-order valence-corrected chi connectivity index (χ3v) is 2.70. The summed E-state index contributed by atoms with van der Waals surface area (Å²) in [6, 6.07) is 13.7. The average Bonchev–Trinajstić information content (AvgIpc) is 2.50. The van der Waals surface area contributed by atoms with Crippen LogP contribution in [-0.4, -0.2) is 19.9 Å². The van der Waals surface area contributed by atoms with Gasteiger partial charge in [0, 0.05) is 11.4 Å². The van der Waals surface area contributed by atoms with E-state index in [1.54, 1.807) is 43.5 Å². The molecule has 2 aromatic rings. The van der Waals surface area contributed by atoms with Crippen molar-refractivity contribution < 1.29 is 14.3 Å². The second-order valence-corrected chi connectivity index (χ2v) is 4.19. The van der Waals surface area contributed by atoms with Crippen molar-refractivity contribution in [3.8, 4) is 11.5 Å². The fraction of sp³-hybridized carbons (Fsp3) is 0.133. The Labute approximate surface area is 122 Å². The lowest BCUT2D eigenvalue weighted by Crippen LogP contribution is -2.32. The number of benzene rings is 2. The van der Waals surface area contributed by atoms with Crippen molar-refractivity contribution in [2.75, 3.05) is 24.9 Å². The van der Waals surface area contributed by atoms with Gasteiger partial charge in [0.05, 0.1) is 7.11 Å². The molecule has 2 amide bonds. The van der Waals surface area contributed by atoms with Gasteiger partial charge in [-0.1, -0.05) is 12.1 Å². The van der Waals surface area contributed by atoms with E-state index in [1.165, 1.54) is 0 Å². The summed E-state index contributed by atoms with van der Waals surface area (Å²) in [5, 5.41) is 5.25. The van der Waals surface area contributed by atoms with Crippen LogP contribution >= 0.6 is 0 Å². The van der Waals surface area contributed by atoms with Crippen molar-refractivity contribution in [2.45, 2.75) is 0 Å². The minimum atomic E-state index is -0.366. The molecule has 0 aliphatic rings. The molecule has 2 aromatic carbocycles. The molecule has 6 nitrogen and oxygen atoms in total. The number of nitrogen functional groups attached to an aromatic ring is 1. The van der Waals surface area contributed by atoms with Crippen molar-refractivity contribution in [1.29, 1.82) is 0 Å². The number of anilines is 2. The summed E-state index contributed by atoms with van der Waals surface area (Å²) in [5.41, 5.74) is 6.86. The number of hydrogen-bond acceptors (Lipinski definition) is 4. The third-order valence-electron chi connectivity index (χ3n) is 2.70. The van der Waals surface area contributed by atoms with Gasteiger partial charge in [-0.25, -0.2) is 4.79 Å². The SMILES string of the molecule is COc1ccccc1OCNC(=O)Nc1ccc(N)cc1. The van der Waals surface area contributed by atoms with Crippen molar-refractivity contribution >= 4 is 17.4 Å². The first-order chi connectivity index (χ1) is 10.2. The highest BCUT2D eigenvalue weighted by atomic mass is 16.5. The standard InChI is InChI=1S/C15H17N3O3/c1-20-13-4-2-3-5-14(13)21-10-17-15(19)18-12-8-6-11(16)7-9-12/h2-9H,10,16H2,1H3,(H2,17,18,19). The molecular weight excluding hydrogens is 270 g/mol. The lowest BCUT2D eigenvalue weighted by atomic mass is 10.3. The van der Waals surface area contributed by atoms with Crippen molar-refractivity contribution in [1.82, 2.24) is 5.32 Å². The Morgan fingerprint density at radius 3 is 2.43 bits per heavy atom. The van der Waals surface area contributed by atoms with Crippen LogP contribution in [0, 0.1) is 0 Å². The predicted octanol–water partition coefficient (Wildman–Crippen LogP) is 2.44. The number of hydrogen-bond donors (Lipinski definition) is 3. The molecular formula is C15H17N3O3. The monoisotopic (exact) mass is 287 g/mol. The Morgan fingerprint density at radius 1 is 1.10 bits per heavy atom. The summed E-state index contributed by atoms with van der Waals surface area (Å²) < 4.78 is 10.6. The van der Waals surface area contributed by atoms with E-state index < -0.39 is 0 Å². The lowest BCUT2D eigenvalue weighted by molar-refractivity contribution is 0.231. The van der Waals surface area contributed by atoms with Crippen molar-refractivity contribution in [3.05, 3.63) is 48.5 Å². The summed E-state index contributed by atoms with van der Waals surface area (Å²) in [4.78, 5) is 11.7. The molecule has 0 aliphatic carbocycles. The van der Waals surface area contributed by atoms with Crippen molar-refractivity contribution in [2.24, 2.45) is 0 Å². The first kappa shape index (κ1) is 14.5. The first-order valence-corrected chi connectivity index (χ1v) is 6.35. The smallest absolute Gasteiger partial charge is 0.321 e. The number of urea groups is 1. The maximum absolute atomic E-state index is 11.7. The summed E-state index contributed by atoms with van der Waals surface area (Å²) >= 11 is 0. The zero-order chi connectivity index (χ0) is 15.1. The van der Waals surface area contributed by atoms with Gasteiger partial charge in [-0.3, -0.25) is 0 Å². The maximum Gasteiger partial charge on any atom is 0.321 e. The van der Waals surface area contributed by atoms with Gasteiger partial charge in [0.2, 0.25) is 0 Å². The number of para-hydroxylation sites is 2. The third kappa shape index (κ3) is 4.31. The maximum atomic E-state index is 11.7. The number of nitrogens with one attached hydrogen (secondary N) is 2. The predicted molar refractivity (Wildman–Crippen MR) is 81.5 cm³/mol. The van der Waals surface area contributed by atoms with Crippen LogP contribution in [0.1, 0.15) is 0 Å². The fourth-order valence-electron chi connectivity index (χ4n) is 1.66. The molecule has 0 bridgehead atoms. The molecule has 0 unspecified atom stereocenters. The van der Waals surface area contributed by atoms with Gasteiger partial charge in [0.25, 0.3) is 0 Å². The van der Waals surface area contributed by atoms with Crippen LogP contribution in [0.25, 0.3) is 0 Å². The number of methoxy groups -OCH3 is 1. The Bertz CT molecular complexity index is 599. The molecule has 0 saturated carbocycles. The van der Waals surface area contributed by atoms with Gasteiger partial charge in [-0.15, -0.1) is 0 Å². The molecule has 0 spiro atoms. The molecule has 0 aromatic heterocycles. The summed E-state index contributed by atoms with van der Waals surface area (Å²) in [6.07, 6.45) is 0. The second-order valence-electron chi connectivity index (χ2n) is 4.19. The van der Waals surface area contributed by atoms with E-state index in [1.807, 2.05) is 12.1 Å². The normalized spacial score (nSPS) is 9.76. The second kappa shape index (κ2) is 7.04. The largest absolute Gasteiger partial charge is 0.493 e. The minimum Gasteiger partial charge on any atom is -0.493 e. The molecule has 4 N–H and O–H groups in total. The number of ether oxygens (including phenoxy) is 2. The van der Waals surface area contributed by atoms with E-state index in [9.17, 15) is 4.79 Å². The van der Waals surface area contributed by atoms with Gasteiger partial charge in [-0.2, -0.15) is 0 Å². The first-order valence-electron chi connectivity index (χ1n) is 6.35. The molecule has 6 heteroatoms. The Hall–Kier alpha value is -2.89. The Kier molecular flexibility index (Phi) is 4.87. The molecule has 0 heterocycles. The van der Waals surface area contributed by atoms with Crippen LogP contribution in [0.15, 0.2) is 48.5 Å². The number of carbonyl (C=O) groups is 1. The zero-order valence-corrected chi connectivity index (χ0v) is 11.6. The molecule has 21 heavy (non-hydrogen) atoms. The number of nitrogens with two attached hydrogens (primary N) is 1. The molecule has 0 atom stereocenters. The molecule has 0 aliphatic heterocycles. The molecule has 0 saturated heterocycles. The van der Waals surface area contributed by atoms with Crippen LogP contribution < -0.4 is 25.8 Å². The van der Waals surface area contributed by atoms with E-state index in [2.05, 4.69) is 10.6 Å². The molecule has 0 fully saturated rings. The van der Waals surface area contributed by atoms with E-state index >= 15 is 0 Å². The van der Waals surface area contributed by atoms with E-state index in [4.69, 9.17) is 15.2 Å². The van der Waals surface area contributed by atoms with Crippen LogP contribution in [0.2, 0.25) is 0 Å².